The number of rotatable bonds is 3. The number of hydrogen-bond donors (Lipinski definition) is 2. The Labute approximate surface area is 114 Å². The summed E-state index contributed by atoms with van der Waals surface area (Å²) in [6, 6.07) is 9.86. The SMILES string of the molecule is N#Cc1cccc(CNC(=O)c2cc(F)cnc2N)c1. The number of aromatic nitrogens is 1. The van der Waals surface area contributed by atoms with Gasteiger partial charge in [0.15, 0.2) is 0 Å². The van der Waals surface area contributed by atoms with E-state index in [1.807, 2.05) is 6.07 Å². The molecule has 1 heterocycles. The van der Waals surface area contributed by atoms with Crippen molar-refractivity contribution in [1.82, 2.24) is 10.3 Å². The first-order chi connectivity index (χ1) is 9.60. The quantitative estimate of drug-likeness (QED) is 0.886. The first kappa shape index (κ1) is 13.5. The van der Waals surface area contributed by atoms with E-state index in [-0.39, 0.29) is 17.9 Å². The minimum absolute atomic E-state index is 0.0126. The van der Waals surface area contributed by atoms with Gasteiger partial charge in [-0.3, -0.25) is 4.79 Å². The van der Waals surface area contributed by atoms with Gasteiger partial charge in [-0.1, -0.05) is 12.1 Å². The molecule has 1 aromatic heterocycles. The van der Waals surface area contributed by atoms with Crippen molar-refractivity contribution in [2.24, 2.45) is 0 Å². The summed E-state index contributed by atoms with van der Waals surface area (Å²) in [4.78, 5) is 15.5. The number of nitrogens with zero attached hydrogens (tertiary/aromatic N) is 2. The van der Waals surface area contributed by atoms with Crippen LogP contribution in [-0.4, -0.2) is 10.9 Å². The number of anilines is 1. The van der Waals surface area contributed by atoms with E-state index in [0.29, 0.717) is 5.56 Å². The highest BCUT2D eigenvalue weighted by Gasteiger charge is 2.11. The molecule has 100 valence electrons. The van der Waals surface area contributed by atoms with Crippen LogP contribution in [0.4, 0.5) is 10.2 Å². The number of amides is 1. The molecule has 3 N–H and O–H groups in total. The Morgan fingerprint density at radius 2 is 2.25 bits per heavy atom. The molecule has 2 aromatic rings. The fourth-order valence-corrected chi connectivity index (χ4v) is 1.66. The first-order valence-electron chi connectivity index (χ1n) is 5.78. The van der Waals surface area contributed by atoms with E-state index >= 15 is 0 Å². The number of benzene rings is 1. The lowest BCUT2D eigenvalue weighted by atomic mass is 10.1. The number of nitrogens with one attached hydrogen (secondary N) is 1. The number of halogens is 1. The molecule has 0 radical (unpaired) electrons. The minimum Gasteiger partial charge on any atom is -0.383 e. The van der Waals surface area contributed by atoms with Crippen molar-refractivity contribution in [3.63, 3.8) is 0 Å². The lowest BCUT2D eigenvalue weighted by Gasteiger charge is -2.07. The van der Waals surface area contributed by atoms with E-state index in [1.165, 1.54) is 0 Å². The Morgan fingerprint density at radius 3 is 3.00 bits per heavy atom. The first-order valence-corrected chi connectivity index (χ1v) is 5.78. The highest BCUT2D eigenvalue weighted by molar-refractivity contribution is 5.98. The molecule has 0 fully saturated rings. The van der Waals surface area contributed by atoms with Crippen LogP contribution in [0.5, 0.6) is 0 Å². The maximum absolute atomic E-state index is 13.0. The summed E-state index contributed by atoms with van der Waals surface area (Å²) in [7, 11) is 0. The second kappa shape index (κ2) is 5.80. The summed E-state index contributed by atoms with van der Waals surface area (Å²) in [5.74, 6) is -1.18. The Bertz CT molecular complexity index is 694. The lowest BCUT2D eigenvalue weighted by molar-refractivity contribution is 0.0951. The standard InChI is InChI=1S/C14H11FN4O/c15-11-5-12(13(17)18-8-11)14(20)19-7-10-3-1-2-9(4-10)6-16/h1-5,8H,7H2,(H2,17,18)(H,19,20). The molecule has 1 amide bonds. The fraction of sp³-hybridized carbons (Fsp3) is 0.0714. The molecule has 0 saturated heterocycles. The predicted octanol–water partition coefficient (Wildman–Crippen LogP) is 1.60. The molecule has 0 aliphatic carbocycles. The molecule has 0 spiro atoms. The maximum atomic E-state index is 13.0. The summed E-state index contributed by atoms with van der Waals surface area (Å²) in [5, 5.41) is 11.4. The number of hydrogen-bond acceptors (Lipinski definition) is 4. The Morgan fingerprint density at radius 1 is 1.45 bits per heavy atom. The monoisotopic (exact) mass is 270 g/mol. The number of nitriles is 1. The molecule has 0 unspecified atom stereocenters. The van der Waals surface area contributed by atoms with Gasteiger partial charge in [-0.2, -0.15) is 5.26 Å². The zero-order valence-electron chi connectivity index (χ0n) is 10.4. The van der Waals surface area contributed by atoms with Gasteiger partial charge in [-0.25, -0.2) is 9.37 Å². The van der Waals surface area contributed by atoms with E-state index in [0.717, 1.165) is 17.8 Å². The topological polar surface area (TPSA) is 91.8 Å². The molecule has 0 aliphatic rings. The van der Waals surface area contributed by atoms with Crippen LogP contribution in [0.3, 0.4) is 0 Å². The third-order valence-corrected chi connectivity index (χ3v) is 2.64. The van der Waals surface area contributed by atoms with E-state index in [2.05, 4.69) is 10.3 Å². The third-order valence-electron chi connectivity index (χ3n) is 2.64. The van der Waals surface area contributed by atoms with Crippen molar-refractivity contribution >= 4 is 11.7 Å². The molecule has 1 aromatic carbocycles. The molecule has 6 heteroatoms. The average molecular weight is 270 g/mol. The van der Waals surface area contributed by atoms with Crippen LogP contribution < -0.4 is 11.1 Å². The van der Waals surface area contributed by atoms with Gasteiger partial charge in [-0.05, 0) is 23.8 Å². The Hall–Kier alpha value is -2.94. The smallest absolute Gasteiger partial charge is 0.255 e. The molecular formula is C14H11FN4O. The maximum Gasteiger partial charge on any atom is 0.255 e. The third kappa shape index (κ3) is 3.09. The van der Waals surface area contributed by atoms with Crippen molar-refractivity contribution < 1.29 is 9.18 Å². The van der Waals surface area contributed by atoms with Gasteiger partial charge in [0.25, 0.3) is 5.91 Å². The Balaban J connectivity index is 2.09. The number of carbonyl (C=O) groups excluding carboxylic acids is 1. The second-order valence-corrected chi connectivity index (χ2v) is 4.08. The van der Waals surface area contributed by atoms with Gasteiger partial charge >= 0.3 is 0 Å². The molecule has 20 heavy (non-hydrogen) atoms. The summed E-state index contributed by atoms with van der Waals surface area (Å²) in [5.41, 5.74) is 6.78. The van der Waals surface area contributed by atoms with Crippen LogP contribution in [0.2, 0.25) is 0 Å². The highest BCUT2D eigenvalue weighted by atomic mass is 19.1. The molecule has 0 atom stereocenters. The van der Waals surface area contributed by atoms with Crippen molar-refractivity contribution in [3.05, 3.63) is 59.0 Å². The molecule has 0 saturated carbocycles. The number of nitrogens with two attached hydrogens (primary N) is 1. The summed E-state index contributed by atoms with van der Waals surface area (Å²) >= 11 is 0. The van der Waals surface area contributed by atoms with Crippen molar-refractivity contribution in [1.29, 1.82) is 5.26 Å². The van der Waals surface area contributed by atoms with Gasteiger partial charge in [-0.15, -0.1) is 0 Å². The van der Waals surface area contributed by atoms with Crippen LogP contribution in [0.1, 0.15) is 21.5 Å². The lowest BCUT2D eigenvalue weighted by Crippen LogP contribution is -2.24. The molecule has 5 nitrogen and oxygen atoms in total. The molecular weight excluding hydrogens is 259 g/mol. The van der Waals surface area contributed by atoms with Gasteiger partial charge in [0.1, 0.15) is 11.6 Å². The van der Waals surface area contributed by atoms with Crippen molar-refractivity contribution in [2.75, 3.05) is 5.73 Å². The second-order valence-electron chi connectivity index (χ2n) is 4.08. The molecule has 0 bridgehead atoms. The normalized spacial score (nSPS) is 9.80. The van der Waals surface area contributed by atoms with Crippen molar-refractivity contribution in [2.45, 2.75) is 6.54 Å². The van der Waals surface area contributed by atoms with E-state index in [4.69, 9.17) is 11.0 Å². The number of nitrogen functional groups attached to an aromatic ring is 1. The average Bonchev–Trinajstić information content (AvgIpc) is 2.47. The summed E-state index contributed by atoms with van der Waals surface area (Å²) in [6.07, 6.45) is 0.947. The zero-order chi connectivity index (χ0) is 14.5. The van der Waals surface area contributed by atoms with E-state index in [1.54, 1.807) is 24.3 Å². The molecule has 0 aliphatic heterocycles. The van der Waals surface area contributed by atoms with Gasteiger partial charge in [0.2, 0.25) is 0 Å². The zero-order valence-corrected chi connectivity index (χ0v) is 10.4. The number of carbonyl (C=O) groups is 1. The van der Waals surface area contributed by atoms with Gasteiger partial charge in [0.05, 0.1) is 23.4 Å². The predicted molar refractivity (Wildman–Crippen MR) is 70.9 cm³/mol. The summed E-state index contributed by atoms with van der Waals surface area (Å²) in [6.45, 7) is 0.213. The van der Waals surface area contributed by atoms with Crippen LogP contribution in [-0.2, 0) is 6.54 Å². The summed E-state index contributed by atoms with van der Waals surface area (Å²) < 4.78 is 13.0. The fourth-order valence-electron chi connectivity index (χ4n) is 1.66. The van der Waals surface area contributed by atoms with Crippen LogP contribution >= 0.6 is 0 Å². The largest absolute Gasteiger partial charge is 0.383 e. The highest BCUT2D eigenvalue weighted by Crippen LogP contribution is 2.10. The van der Waals surface area contributed by atoms with Gasteiger partial charge in [0, 0.05) is 6.54 Å². The van der Waals surface area contributed by atoms with Gasteiger partial charge < -0.3 is 11.1 Å². The molecule has 2 rings (SSSR count). The van der Waals surface area contributed by atoms with E-state index < -0.39 is 11.7 Å². The Kier molecular flexibility index (Phi) is 3.91. The minimum atomic E-state index is -0.629. The van der Waals surface area contributed by atoms with Crippen LogP contribution in [0, 0.1) is 17.1 Å². The van der Waals surface area contributed by atoms with Crippen LogP contribution in [0.15, 0.2) is 36.5 Å². The van der Waals surface area contributed by atoms with E-state index in [9.17, 15) is 9.18 Å². The van der Waals surface area contributed by atoms with Crippen LogP contribution in [0.25, 0.3) is 0 Å². The van der Waals surface area contributed by atoms with Crippen molar-refractivity contribution in [3.8, 4) is 6.07 Å². The number of pyridine rings is 1.